The Hall–Kier alpha value is -2.89. The SMILES string of the molecule is C[C@@H](NCc1cccn1S(=O)(=O)c1ccccc1)c1cccc2ccccc12. The Balaban J connectivity index is 1.58. The van der Waals surface area contributed by atoms with E-state index >= 15 is 0 Å². The van der Waals surface area contributed by atoms with Crippen molar-refractivity contribution in [1.29, 1.82) is 0 Å². The number of benzene rings is 3. The standard InChI is InChI=1S/C23H22N2O2S/c1-18(22-15-7-10-19-9-5-6-14-23(19)22)24-17-20-11-8-16-25(20)28(26,27)21-12-3-2-4-13-21/h2-16,18,24H,17H2,1H3/t18-/m1/s1. The molecule has 0 aliphatic heterocycles. The van der Waals surface area contributed by atoms with Gasteiger partial charge >= 0.3 is 0 Å². The van der Waals surface area contributed by atoms with E-state index in [0.717, 1.165) is 0 Å². The Morgan fingerprint density at radius 2 is 1.57 bits per heavy atom. The first-order valence-corrected chi connectivity index (χ1v) is 10.7. The lowest BCUT2D eigenvalue weighted by Gasteiger charge is -2.18. The zero-order valence-electron chi connectivity index (χ0n) is 15.6. The van der Waals surface area contributed by atoms with Crippen molar-refractivity contribution in [3.63, 3.8) is 0 Å². The van der Waals surface area contributed by atoms with Crippen molar-refractivity contribution in [3.8, 4) is 0 Å². The summed E-state index contributed by atoms with van der Waals surface area (Å²) in [5.74, 6) is 0. The van der Waals surface area contributed by atoms with Gasteiger partial charge in [-0.25, -0.2) is 12.4 Å². The van der Waals surface area contributed by atoms with Crippen LogP contribution in [0.3, 0.4) is 0 Å². The second kappa shape index (κ2) is 7.62. The summed E-state index contributed by atoms with van der Waals surface area (Å²) in [6, 6.07) is 26.7. The summed E-state index contributed by atoms with van der Waals surface area (Å²) in [6.07, 6.45) is 1.60. The second-order valence-corrected chi connectivity index (χ2v) is 8.60. The lowest BCUT2D eigenvalue weighted by atomic mass is 10.00. The fraction of sp³-hybridized carbons (Fsp3) is 0.130. The van der Waals surface area contributed by atoms with Crippen LogP contribution in [0.4, 0.5) is 0 Å². The van der Waals surface area contributed by atoms with Gasteiger partial charge in [-0.1, -0.05) is 60.7 Å². The first-order chi connectivity index (χ1) is 13.6. The molecule has 142 valence electrons. The van der Waals surface area contributed by atoms with Crippen molar-refractivity contribution in [1.82, 2.24) is 9.29 Å². The minimum atomic E-state index is -3.60. The number of aromatic nitrogens is 1. The Morgan fingerprint density at radius 3 is 2.39 bits per heavy atom. The average Bonchev–Trinajstić information content (AvgIpc) is 3.22. The molecule has 0 saturated heterocycles. The molecule has 0 bridgehead atoms. The van der Waals surface area contributed by atoms with E-state index in [4.69, 9.17) is 0 Å². The van der Waals surface area contributed by atoms with Gasteiger partial charge in [0.2, 0.25) is 0 Å². The van der Waals surface area contributed by atoms with Gasteiger partial charge in [0.15, 0.2) is 0 Å². The molecule has 1 N–H and O–H groups in total. The molecule has 1 atom stereocenters. The minimum absolute atomic E-state index is 0.0777. The van der Waals surface area contributed by atoms with Crippen LogP contribution in [0.5, 0.6) is 0 Å². The maximum atomic E-state index is 12.9. The number of hydrogen-bond donors (Lipinski definition) is 1. The Bertz CT molecular complexity index is 1190. The number of nitrogens with one attached hydrogen (secondary N) is 1. The molecule has 0 saturated carbocycles. The van der Waals surface area contributed by atoms with E-state index in [0.29, 0.717) is 12.2 Å². The number of rotatable bonds is 6. The molecule has 0 aliphatic carbocycles. The van der Waals surface area contributed by atoms with Crippen LogP contribution in [-0.2, 0) is 16.6 Å². The van der Waals surface area contributed by atoms with Crippen LogP contribution in [0.2, 0.25) is 0 Å². The zero-order chi connectivity index (χ0) is 19.6. The van der Waals surface area contributed by atoms with Gasteiger partial charge in [-0.3, -0.25) is 0 Å². The molecule has 0 fully saturated rings. The van der Waals surface area contributed by atoms with E-state index < -0.39 is 10.0 Å². The quantitative estimate of drug-likeness (QED) is 0.518. The molecule has 0 unspecified atom stereocenters. The monoisotopic (exact) mass is 390 g/mol. The third-order valence-electron chi connectivity index (χ3n) is 4.97. The fourth-order valence-corrected chi connectivity index (χ4v) is 4.87. The van der Waals surface area contributed by atoms with Gasteiger partial charge in [0.1, 0.15) is 0 Å². The number of nitrogens with zero attached hydrogens (tertiary/aromatic N) is 1. The van der Waals surface area contributed by atoms with Gasteiger partial charge in [0, 0.05) is 24.5 Å². The third-order valence-corrected chi connectivity index (χ3v) is 6.71. The fourth-order valence-electron chi connectivity index (χ4n) is 3.47. The molecule has 5 heteroatoms. The highest BCUT2D eigenvalue weighted by Crippen LogP contribution is 2.24. The molecule has 3 aromatic carbocycles. The summed E-state index contributed by atoms with van der Waals surface area (Å²) in [7, 11) is -3.60. The molecule has 0 spiro atoms. The molecule has 0 amide bonds. The lowest BCUT2D eigenvalue weighted by molar-refractivity contribution is 0.558. The van der Waals surface area contributed by atoms with E-state index in [9.17, 15) is 8.42 Å². The molecule has 4 aromatic rings. The molecule has 28 heavy (non-hydrogen) atoms. The van der Waals surface area contributed by atoms with Crippen LogP contribution in [0.1, 0.15) is 24.2 Å². The molecular weight excluding hydrogens is 368 g/mol. The van der Waals surface area contributed by atoms with Gasteiger partial charge < -0.3 is 5.32 Å². The lowest BCUT2D eigenvalue weighted by Crippen LogP contribution is -2.22. The smallest absolute Gasteiger partial charge is 0.267 e. The van der Waals surface area contributed by atoms with Crippen LogP contribution in [0, 0.1) is 0 Å². The van der Waals surface area contributed by atoms with Crippen molar-refractivity contribution in [2.24, 2.45) is 0 Å². The molecule has 0 aliphatic rings. The van der Waals surface area contributed by atoms with Crippen LogP contribution in [-0.4, -0.2) is 12.4 Å². The maximum absolute atomic E-state index is 12.9. The molecule has 0 radical (unpaired) electrons. The van der Waals surface area contributed by atoms with Gasteiger partial charge in [-0.15, -0.1) is 0 Å². The first kappa shape index (κ1) is 18.5. The molecule has 4 nitrogen and oxygen atoms in total. The summed E-state index contributed by atoms with van der Waals surface area (Å²) >= 11 is 0. The summed E-state index contributed by atoms with van der Waals surface area (Å²) in [5, 5.41) is 5.88. The predicted octanol–water partition coefficient (Wildman–Crippen LogP) is 4.73. The topological polar surface area (TPSA) is 51.1 Å². The van der Waals surface area contributed by atoms with Crippen molar-refractivity contribution in [2.45, 2.75) is 24.4 Å². The Morgan fingerprint density at radius 1 is 0.857 bits per heavy atom. The first-order valence-electron chi connectivity index (χ1n) is 9.25. The molecule has 1 aromatic heterocycles. The number of hydrogen-bond acceptors (Lipinski definition) is 3. The van der Waals surface area contributed by atoms with E-state index in [2.05, 4.69) is 42.6 Å². The highest BCUT2D eigenvalue weighted by molar-refractivity contribution is 7.90. The average molecular weight is 391 g/mol. The van der Waals surface area contributed by atoms with E-state index in [1.165, 1.54) is 20.3 Å². The predicted molar refractivity (Wildman–Crippen MR) is 113 cm³/mol. The van der Waals surface area contributed by atoms with Crippen molar-refractivity contribution < 1.29 is 8.42 Å². The van der Waals surface area contributed by atoms with Gasteiger partial charge in [-0.05, 0) is 47.5 Å². The van der Waals surface area contributed by atoms with Gasteiger partial charge in [0.25, 0.3) is 10.0 Å². The highest BCUT2D eigenvalue weighted by Gasteiger charge is 2.19. The molecular formula is C23H22N2O2S. The van der Waals surface area contributed by atoms with Gasteiger partial charge in [-0.2, -0.15) is 0 Å². The Labute approximate surface area is 165 Å². The van der Waals surface area contributed by atoms with E-state index in [1.54, 1.807) is 36.5 Å². The van der Waals surface area contributed by atoms with Gasteiger partial charge in [0.05, 0.1) is 4.90 Å². The maximum Gasteiger partial charge on any atom is 0.267 e. The van der Waals surface area contributed by atoms with Crippen LogP contribution < -0.4 is 5.32 Å². The van der Waals surface area contributed by atoms with Crippen LogP contribution in [0.25, 0.3) is 10.8 Å². The van der Waals surface area contributed by atoms with Crippen molar-refractivity contribution in [2.75, 3.05) is 0 Å². The summed E-state index contributed by atoms with van der Waals surface area (Å²) in [6.45, 7) is 2.55. The second-order valence-electron chi connectivity index (χ2n) is 6.78. The van der Waals surface area contributed by atoms with Crippen LogP contribution in [0.15, 0.2) is 96.0 Å². The molecule has 4 rings (SSSR count). The number of fused-ring (bicyclic) bond motifs is 1. The van der Waals surface area contributed by atoms with E-state index in [1.807, 2.05) is 24.3 Å². The van der Waals surface area contributed by atoms with Crippen molar-refractivity contribution >= 4 is 20.8 Å². The highest BCUT2D eigenvalue weighted by atomic mass is 32.2. The van der Waals surface area contributed by atoms with Crippen molar-refractivity contribution in [3.05, 3.63) is 102 Å². The normalized spacial score (nSPS) is 12.9. The Kier molecular flexibility index (Phi) is 5.03. The largest absolute Gasteiger partial charge is 0.305 e. The summed E-state index contributed by atoms with van der Waals surface area (Å²) in [5.41, 5.74) is 1.90. The minimum Gasteiger partial charge on any atom is -0.305 e. The zero-order valence-corrected chi connectivity index (χ0v) is 16.4. The summed E-state index contributed by atoms with van der Waals surface area (Å²) in [4.78, 5) is 0.287. The van der Waals surface area contributed by atoms with Crippen LogP contribution >= 0.6 is 0 Å². The van der Waals surface area contributed by atoms with E-state index in [-0.39, 0.29) is 10.9 Å². The molecule has 1 heterocycles. The summed E-state index contributed by atoms with van der Waals surface area (Å²) < 4.78 is 27.2. The third kappa shape index (κ3) is 3.46.